The fraction of sp³-hybridized carbons (Fsp3) is 0.333. The van der Waals surface area contributed by atoms with Crippen molar-refractivity contribution in [1.29, 1.82) is 0 Å². The van der Waals surface area contributed by atoms with Gasteiger partial charge >= 0.3 is 0 Å². The topological polar surface area (TPSA) is 0 Å². The molecule has 0 bridgehead atoms. The van der Waals surface area contributed by atoms with E-state index in [0.29, 0.717) is 10.9 Å². The molecule has 0 saturated heterocycles. The van der Waals surface area contributed by atoms with Gasteiger partial charge in [0.25, 0.3) is 0 Å². The summed E-state index contributed by atoms with van der Waals surface area (Å²) in [5.41, 5.74) is 1.42. The first kappa shape index (κ1) is 9.14. The number of benzene rings is 1. The van der Waals surface area contributed by atoms with Gasteiger partial charge in [0.05, 0.1) is 12.5 Å². The van der Waals surface area contributed by atoms with Crippen LogP contribution in [0.4, 0.5) is 0 Å². The number of halogens is 1. The molecule has 0 aliphatic heterocycles. The van der Waals surface area contributed by atoms with E-state index in [2.05, 4.69) is 52.7 Å². The van der Waals surface area contributed by atoms with Crippen molar-refractivity contribution in [2.24, 2.45) is 0 Å². The molecule has 0 nitrogen and oxygen atoms in total. The minimum absolute atomic E-state index is 0.493. The van der Waals surface area contributed by atoms with Crippen LogP contribution in [0.15, 0.2) is 28.7 Å². The van der Waals surface area contributed by atoms with Gasteiger partial charge in [-0.05, 0) is 17.0 Å². The number of hydrogen-bond acceptors (Lipinski definition) is 0. The zero-order chi connectivity index (χ0) is 8.27. The molecule has 0 heterocycles. The summed E-state index contributed by atoms with van der Waals surface area (Å²) in [5.74, 6) is 1.18. The quantitative estimate of drug-likeness (QED) is 0.688. The highest BCUT2D eigenvalue weighted by atomic mass is 79.9. The second-order valence-electron chi connectivity index (χ2n) is 2.72. The SMILES string of the molecule is C[S+](C)Cc1ccccc1Br. The summed E-state index contributed by atoms with van der Waals surface area (Å²) in [7, 11) is 0.493. The molecule has 0 fully saturated rings. The van der Waals surface area contributed by atoms with Crippen LogP contribution in [0.3, 0.4) is 0 Å². The fourth-order valence-electron chi connectivity index (χ4n) is 0.926. The van der Waals surface area contributed by atoms with Crippen LogP contribution in [-0.2, 0) is 16.6 Å². The molecule has 0 unspecified atom stereocenters. The van der Waals surface area contributed by atoms with E-state index in [0.717, 1.165) is 0 Å². The van der Waals surface area contributed by atoms with Crippen LogP contribution < -0.4 is 0 Å². The molecule has 0 radical (unpaired) electrons. The first-order chi connectivity index (χ1) is 5.20. The summed E-state index contributed by atoms with van der Waals surface area (Å²) >= 11 is 3.53. The van der Waals surface area contributed by atoms with Crippen LogP contribution in [0.1, 0.15) is 5.56 Å². The van der Waals surface area contributed by atoms with E-state index in [1.807, 2.05) is 0 Å². The molecule has 0 atom stereocenters. The van der Waals surface area contributed by atoms with Gasteiger partial charge in [0.2, 0.25) is 0 Å². The smallest absolute Gasteiger partial charge is 0.0617 e. The normalized spacial score (nSPS) is 10.5. The van der Waals surface area contributed by atoms with E-state index in [1.165, 1.54) is 15.8 Å². The van der Waals surface area contributed by atoms with Gasteiger partial charge in [0, 0.05) is 10.0 Å². The summed E-state index contributed by atoms with van der Waals surface area (Å²) in [6.07, 6.45) is 4.53. The van der Waals surface area contributed by atoms with Crippen molar-refractivity contribution in [2.45, 2.75) is 5.75 Å². The van der Waals surface area contributed by atoms with E-state index >= 15 is 0 Å². The van der Waals surface area contributed by atoms with Crippen molar-refractivity contribution in [2.75, 3.05) is 12.5 Å². The molecule has 1 rings (SSSR count). The molecule has 2 heteroatoms. The van der Waals surface area contributed by atoms with Crippen LogP contribution in [0.25, 0.3) is 0 Å². The predicted octanol–water partition coefficient (Wildman–Crippen LogP) is 2.83. The van der Waals surface area contributed by atoms with Gasteiger partial charge in [-0.2, -0.15) is 0 Å². The molecule has 0 N–H and O–H groups in total. The zero-order valence-electron chi connectivity index (χ0n) is 6.80. The van der Waals surface area contributed by atoms with E-state index in [-0.39, 0.29) is 0 Å². The van der Waals surface area contributed by atoms with Crippen LogP contribution in [0.5, 0.6) is 0 Å². The maximum absolute atomic E-state index is 3.53. The summed E-state index contributed by atoms with van der Waals surface area (Å²) in [6, 6.07) is 8.42. The Morgan fingerprint density at radius 3 is 2.45 bits per heavy atom. The largest absolute Gasteiger partial charge is 0.133 e. The zero-order valence-corrected chi connectivity index (χ0v) is 9.21. The Morgan fingerprint density at radius 2 is 1.91 bits per heavy atom. The Bertz CT molecular complexity index is 233. The average molecular weight is 232 g/mol. The minimum Gasteiger partial charge on any atom is -0.0617 e. The molecular formula is C9H12BrS+. The fourth-order valence-corrected chi connectivity index (χ4v) is 2.41. The van der Waals surface area contributed by atoms with Crippen molar-refractivity contribution in [3.8, 4) is 0 Å². The van der Waals surface area contributed by atoms with Crippen LogP contribution in [0, 0.1) is 0 Å². The highest BCUT2D eigenvalue weighted by Crippen LogP contribution is 2.17. The average Bonchev–Trinajstić information content (AvgIpc) is 1.93. The van der Waals surface area contributed by atoms with Gasteiger partial charge in [-0.3, -0.25) is 0 Å². The van der Waals surface area contributed by atoms with Gasteiger partial charge in [0.1, 0.15) is 5.75 Å². The number of hydrogen-bond donors (Lipinski definition) is 0. The summed E-state index contributed by atoms with van der Waals surface area (Å²) in [4.78, 5) is 0. The van der Waals surface area contributed by atoms with Crippen LogP contribution in [0.2, 0.25) is 0 Å². The third kappa shape index (κ3) is 2.88. The minimum atomic E-state index is 0.493. The third-order valence-electron chi connectivity index (χ3n) is 1.40. The van der Waals surface area contributed by atoms with Crippen molar-refractivity contribution < 1.29 is 0 Å². The molecule has 0 aromatic heterocycles. The molecule has 0 spiro atoms. The van der Waals surface area contributed by atoms with Crippen LogP contribution in [-0.4, -0.2) is 12.5 Å². The lowest BCUT2D eigenvalue weighted by Gasteiger charge is -2.00. The second kappa shape index (κ2) is 4.17. The van der Waals surface area contributed by atoms with Crippen LogP contribution >= 0.6 is 15.9 Å². The Morgan fingerprint density at radius 1 is 1.27 bits per heavy atom. The van der Waals surface area contributed by atoms with E-state index < -0.39 is 0 Å². The van der Waals surface area contributed by atoms with Gasteiger partial charge in [-0.15, -0.1) is 0 Å². The molecule has 11 heavy (non-hydrogen) atoms. The first-order valence-electron chi connectivity index (χ1n) is 3.48. The molecule has 1 aromatic rings. The van der Waals surface area contributed by atoms with Crippen molar-refractivity contribution in [3.05, 3.63) is 34.3 Å². The van der Waals surface area contributed by atoms with E-state index in [1.54, 1.807) is 0 Å². The van der Waals surface area contributed by atoms with E-state index in [9.17, 15) is 0 Å². The lowest BCUT2D eigenvalue weighted by molar-refractivity contribution is 1.37. The van der Waals surface area contributed by atoms with Crippen molar-refractivity contribution in [1.82, 2.24) is 0 Å². The van der Waals surface area contributed by atoms with Gasteiger partial charge in [0.15, 0.2) is 0 Å². The molecule has 0 aliphatic carbocycles. The highest BCUT2D eigenvalue weighted by molar-refractivity contribution is 9.10. The molecule has 60 valence electrons. The maximum atomic E-state index is 3.53. The third-order valence-corrected chi connectivity index (χ3v) is 3.06. The molecule has 0 saturated carbocycles. The number of rotatable bonds is 2. The van der Waals surface area contributed by atoms with Gasteiger partial charge in [-0.25, -0.2) is 0 Å². The monoisotopic (exact) mass is 231 g/mol. The predicted molar refractivity (Wildman–Crippen MR) is 57.1 cm³/mol. The second-order valence-corrected chi connectivity index (χ2v) is 5.84. The van der Waals surface area contributed by atoms with Crippen molar-refractivity contribution in [3.63, 3.8) is 0 Å². The molecule has 1 aromatic carbocycles. The maximum Gasteiger partial charge on any atom is 0.133 e. The van der Waals surface area contributed by atoms with Crippen molar-refractivity contribution >= 4 is 26.8 Å². The summed E-state index contributed by atoms with van der Waals surface area (Å²) in [6.45, 7) is 0. The first-order valence-corrected chi connectivity index (χ1v) is 6.48. The standard InChI is InChI=1S/C9H12BrS/c1-11(2)7-8-5-3-4-6-9(8)10/h3-6H,7H2,1-2H3/q+1. The highest BCUT2D eigenvalue weighted by Gasteiger charge is 2.06. The molecular weight excluding hydrogens is 220 g/mol. The Hall–Kier alpha value is 0.0500. The molecule has 0 aliphatic rings. The Kier molecular flexibility index (Phi) is 3.46. The molecule has 0 amide bonds. The lowest BCUT2D eigenvalue weighted by atomic mass is 10.2. The Labute approximate surface area is 79.5 Å². The summed E-state index contributed by atoms with van der Waals surface area (Å²) in [5, 5.41) is 0. The van der Waals surface area contributed by atoms with Gasteiger partial charge < -0.3 is 0 Å². The lowest BCUT2D eigenvalue weighted by Crippen LogP contribution is -1.99. The summed E-state index contributed by atoms with van der Waals surface area (Å²) < 4.78 is 1.24. The van der Waals surface area contributed by atoms with Gasteiger partial charge in [-0.1, -0.05) is 34.1 Å². The van der Waals surface area contributed by atoms with E-state index in [4.69, 9.17) is 0 Å². The Balaban J connectivity index is 2.78.